The number of nitrogens with one attached hydrogen (secondary N) is 2. The Hall–Kier alpha value is -1.43. The van der Waals surface area contributed by atoms with Crippen LogP contribution in [0.4, 0.5) is 0 Å². The monoisotopic (exact) mass is 235 g/mol. The van der Waals surface area contributed by atoms with Crippen LogP contribution in [-0.2, 0) is 10.0 Å². The zero-order chi connectivity index (χ0) is 11.6. The maximum atomic E-state index is 11.8. The van der Waals surface area contributed by atoms with Crippen molar-refractivity contribution in [3.63, 3.8) is 0 Å². The molecule has 0 atom stereocenters. The SMILES string of the molecule is [NH]CNS(=O)(=O)c1cccc2ccccc12. The fourth-order valence-corrected chi connectivity index (χ4v) is 2.68. The van der Waals surface area contributed by atoms with Crippen LogP contribution in [0.2, 0.25) is 0 Å². The third kappa shape index (κ3) is 1.92. The molecular weight excluding hydrogens is 224 g/mol. The van der Waals surface area contributed by atoms with Gasteiger partial charge in [-0.2, -0.15) is 4.72 Å². The van der Waals surface area contributed by atoms with E-state index < -0.39 is 10.0 Å². The molecule has 83 valence electrons. The van der Waals surface area contributed by atoms with E-state index in [1.165, 1.54) is 0 Å². The first-order chi connectivity index (χ1) is 7.65. The molecule has 2 aromatic carbocycles. The molecule has 0 spiro atoms. The van der Waals surface area contributed by atoms with Gasteiger partial charge in [0.25, 0.3) is 0 Å². The Labute approximate surface area is 94.1 Å². The quantitative estimate of drug-likeness (QED) is 0.872. The Morgan fingerprint density at radius 2 is 1.75 bits per heavy atom. The second-order valence-corrected chi connectivity index (χ2v) is 5.04. The molecule has 2 aromatic rings. The van der Waals surface area contributed by atoms with Crippen LogP contribution in [0.1, 0.15) is 0 Å². The highest BCUT2D eigenvalue weighted by atomic mass is 32.2. The number of rotatable bonds is 3. The van der Waals surface area contributed by atoms with E-state index in [1.807, 2.05) is 18.2 Å². The van der Waals surface area contributed by atoms with Gasteiger partial charge in [-0.1, -0.05) is 36.4 Å². The van der Waals surface area contributed by atoms with Gasteiger partial charge in [0.2, 0.25) is 10.0 Å². The second-order valence-electron chi connectivity index (χ2n) is 3.30. The predicted molar refractivity (Wildman–Crippen MR) is 62.2 cm³/mol. The van der Waals surface area contributed by atoms with Crippen LogP contribution in [-0.4, -0.2) is 15.1 Å². The van der Waals surface area contributed by atoms with Gasteiger partial charge in [0.15, 0.2) is 0 Å². The van der Waals surface area contributed by atoms with E-state index in [9.17, 15) is 8.42 Å². The molecule has 0 saturated heterocycles. The van der Waals surface area contributed by atoms with E-state index in [4.69, 9.17) is 5.73 Å². The second kappa shape index (κ2) is 4.21. The molecule has 2 N–H and O–H groups in total. The minimum absolute atomic E-state index is 0.220. The number of benzene rings is 2. The molecule has 0 amide bonds. The summed E-state index contributed by atoms with van der Waals surface area (Å²) in [5, 5.41) is 1.54. The van der Waals surface area contributed by atoms with Crippen LogP contribution in [0.3, 0.4) is 0 Å². The van der Waals surface area contributed by atoms with Crippen molar-refractivity contribution in [1.82, 2.24) is 10.5 Å². The molecule has 0 aliphatic heterocycles. The minimum atomic E-state index is -3.57. The topological polar surface area (TPSA) is 70.0 Å². The summed E-state index contributed by atoms with van der Waals surface area (Å²) in [6, 6.07) is 12.4. The summed E-state index contributed by atoms with van der Waals surface area (Å²) >= 11 is 0. The van der Waals surface area contributed by atoms with Gasteiger partial charge in [0.1, 0.15) is 0 Å². The van der Waals surface area contributed by atoms with Crippen LogP contribution in [0.15, 0.2) is 47.4 Å². The molecule has 0 unspecified atom stereocenters. The van der Waals surface area contributed by atoms with Crippen molar-refractivity contribution in [2.24, 2.45) is 0 Å². The van der Waals surface area contributed by atoms with Gasteiger partial charge in [-0.05, 0) is 11.5 Å². The van der Waals surface area contributed by atoms with E-state index in [2.05, 4.69) is 4.72 Å². The smallest absolute Gasteiger partial charge is 0.241 e. The van der Waals surface area contributed by atoms with E-state index in [0.29, 0.717) is 5.39 Å². The molecule has 0 aromatic heterocycles. The minimum Gasteiger partial charge on any atom is -0.241 e. The number of sulfonamides is 1. The molecule has 0 bridgehead atoms. The van der Waals surface area contributed by atoms with E-state index in [-0.39, 0.29) is 11.6 Å². The molecule has 1 radical (unpaired) electrons. The molecular formula is C11H11N2O2S. The van der Waals surface area contributed by atoms with Crippen LogP contribution in [0.5, 0.6) is 0 Å². The maximum Gasteiger partial charge on any atom is 0.242 e. The number of hydrogen-bond donors (Lipinski definition) is 1. The van der Waals surface area contributed by atoms with Crippen LogP contribution < -0.4 is 10.5 Å². The van der Waals surface area contributed by atoms with Crippen molar-refractivity contribution in [1.29, 1.82) is 0 Å². The van der Waals surface area contributed by atoms with Gasteiger partial charge in [0, 0.05) is 5.39 Å². The molecule has 0 aliphatic rings. The van der Waals surface area contributed by atoms with Gasteiger partial charge in [-0.15, -0.1) is 0 Å². The zero-order valence-corrected chi connectivity index (χ0v) is 9.29. The van der Waals surface area contributed by atoms with E-state index in [0.717, 1.165) is 5.39 Å². The highest BCUT2D eigenvalue weighted by Crippen LogP contribution is 2.22. The maximum absolute atomic E-state index is 11.8. The average Bonchev–Trinajstić information content (AvgIpc) is 2.28. The number of fused-ring (bicyclic) bond motifs is 1. The molecule has 2 rings (SSSR count). The Morgan fingerprint density at radius 3 is 2.50 bits per heavy atom. The van der Waals surface area contributed by atoms with Crippen molar-refractivity contribution < 1.29 is 8.42 Å². The summed E-state index contributed by atoms with van der Waals surface area (Å²) in [5.74, 6) is 0. The van der Waals surface area contributed by atoms with Crippen molar-refractivity contribution >= 4 is 20.8 Å². The summed E-state index contributed by atoms with van der Waals surface area (Å²) in [5.41, 5.74) is 6.93. The fraction of sp³-hybridized carbons (Fsp3) is 0.0909. The summed E-state index contributed by atoms with van der Waals surface area (Å²) in [6.45, 7) is -0.356. The first-order valence-corrected chi connectivity index (χ1v) is 6.25. The van der Waals surface area contributed by atoms with Crippen LogP contribution >= 0.6 is 0 Å². The molecule has 0 fully saturated rings. The highest BCUT2D eigenvalue weighted by molar-refractivity contribution is 7.89. The fourth-order valence-electron chi connectivity index (χ4n) is 1.60. The molecule has 0 aliphatic carbocycles. The lowest BCUT2D eigenvalue weighted by molar-refractivity contribution is 0.583. The van der Waals surface area contributed by atoms with Crippen molar-refractivity contribution in [2.75, 3.05) is 6.67 Å². The summed E-state index contributed by atoms with van der Waals surface area (Å²) in [6.07, 6.45) is 0. The molecule has 16 heavy (non-hydrogen) atoms. The van der Waals surface area contributed by atoms with Crippen LogP contribution in [0, 0.1) is 0 Å². The van der Waals surface area contributed by atoms with Gasteiger partial charge >= 0.3 is 0 Å². The Kier molecular flexibility index (Phi) is 2.91. The molecule has 5 heteroatoms. The van der Waals surface area contributed by atoms with E-state index >= 15 is 0 Å². The van der Waals surface area contributed by atoms with Gasteiger partial charge in [-0.3, -0.25) is 0 Å². The summed E-state index contributed by atoms with van der Waals surface area (Å²) in [4.78, 5) is 0.220. The molecule has 4 nitrogen and oxygen atoms in total. The van der Waals surface area contributed by atoms with Gasteiger partial charge < -0.3 is 0 Å². The third-order valence-electron chi connectivity index (χ3n) is 2.30. The lowest BCUT2D eigenvalue weighted by atomic mass is 10.1. The lowest BCUT2D eigenvalue weighted by Gasteiger charge is -2.07. The largest absolute Gasteiger partial charge is 0.242 e. The summed E-state index contributed by atoms with van der Waals surface area (Å²) in [7, 11) is -3.57. The van der Waals surface area contributed by atoms with Crippen molar-refractivity contribution in [2.45, 2.75) is 4.90 Å². The molecule has 0 saturated carbocycles. The summed E-state index contributed by atoms with van der Waals surface area (Å²) < 4.78 is 25.8. The van der Waals surface area contributed by atoms with Crippen molar-refractivity contribution in [3.05, 3.63) is 42.5 Å². The Morgan fingerprint density at radius 1 is 1.06 bits per heavy atom. The number of hydrogen-bond acceptors (Lipinski definition) is 2. The highest BCUT2D eigenvalue weighted by Gasteiger charge is 2.15. The Bertz CT molecular complexity index is 603. The standard InChI is InChI=1S/C11H11N2O2S/c12-8-13-16(14,15)11-7-3-5-9-4-1-2-6-10(9)11/h1-7,12-13H,8H2. The van der Waals surface area contributed by atoms with Crippen molar-refractivity contribution in [3.8, 4) is 0 Å². The predicted octanol–water partition coefficient (Wildman–Crippen LogP) is 1.36. The zero-order valence-electron chi connectivity index (χ0n) is 8.47. The Balaban J connectivity index is 2.70. The third-order valence-corrected chi connectivity index (χ3v) is 3.76. The first-order valence-electron chi connectivity index (χ1n) is 4.77. The lowest BCUT2D eigenvalue weighted by Crippen LogP contribution is -2.25. The average molecular weight is 235 g/mol. The van der Waals surface area contributed by atoms with Gasteiger partial charge in [-0.25, -0.2) is 14.2 Å². The van der Waals surface area contributed by atoms with Crippen LogP contribution in [0.25, 0.3) is 10.8 Å². The van der Waals surface area contributed by atoms with E-state index in [1.54, 1.807) is 24.3 Å². The molecule has 0 heterocycles. The first kappa shape index (κ1) is 11.1. The normalized spacial score (nSPS) is 11.8. The van der Waals surface area contributed by atoms with Gasteiger partial charge in [0.05, 0.1) is 11.6 Å².